The van der Waals surface area contributed by atoms with Gasteiger partial charge in [0.25, 0.3) is 0 Å². The number of methoxy groups -OCH3 is 1. The summed E-state index contributed by atoms with van der Waals surface area (Å²) in [5.74, 6) is -0.618. The highest BCUT2D eigenvalue weighted by Crippen LogP contribution is 2.36. The maximum atomic E-state index is 13.3. The number of carbonyl (C=O) groups excluding carboxylic acids is 1. The van der Waals surface area contributed by atoms with Gasteiger partial charge in [0.2, 0.25) is 0 Å². The zero-order valence-corrected chi connectivity index (χ0v) is 40.2. The Bertz CT molecular complexity index is 2510. The quantitative estimate of drug-likeness (QED) is 0.0219. The lowest BCUT2D eigenvalue weighted by atomic mass is 9.95. The van der Waals surface area contributed by atoms with Crippen molar-refractivity contribution in [3.8, 4) is 0 Å². The number of hydrogen-bond donors (Lipinski definition) is 0. The molecule has 0 unspecified atom stereocenters. The second kappa shape index (κ2) is 28.1. The molecule has 0 bridgehead atoms. The molecule has 0 saturated carbocycles. The summed E-state index contributed by atoms with van der Waals surface area (Å²) >= 11 is 0. The van der Waals surface area contributed by atoms with Crippen LogP contribution in [0.15, 0.2) is 187 Å². The molecule has 2 saturated heterocycles. The first kappa shape index (κ1) is 52.0. The molecular weight excluding hydrogens is 919 g/mol. The van der Waals surface area contributed by atoms with Crippen LogP contribution in [0.3, 0.4) is 0 Å². The highest BCUT2D eigenvalue weighted by molar-refractivity contribution is 5.70. The number of nitrogens with zero attached hydrogens (tertiary/aromatic N) is 3. The lowest BCUT2D eigenvalue weighted by Crippen LogP contribution is -2.66. The normalized spacial score (nSPS) is 24.0. The molecular formula is C57H61N3O12. The first-order valence-electron chi connectivity index (χ1n) is 24.1. The standard InChI is InChI=1S/C57H61N3O12/c1-62-56-54(69-40-49(61)64-34-42-22-10-3-11-23-42)53(67-37-45-28-16-6-17-29-45)51(47(70-56)32-59-60-58)72-57-55(68-38-46-30-18-7-19-31-46)52(66-36-44-26-14-5-15-27-44)50(65-35-43-24-12-4-13-25-43)48(71-57)39-63-33-41-20-8-2-9-21-41/h2-31,47-48,50-57H,32-40H2,1H3/t47-,48-,50-,51+,52+,53+,54-,55-,56-,57-/m1/s1. The molecule has 0 aliphatic carbocycles. The van der Waals surface area contributed by atoms with Gasteiger partial charge >= 0.3 is 5.97 Å². The molecule has 0 radical (unpaired) electrons. The van der Waals surface area contributed by atoms with Crippen LogP contribution in [0.5, 0.6) is 0 Å². The number of rotatable bonds is 26. The summed E-state index contributed by atoms with van der Waals surface area (Å²) in [7, 11) is 1.46. The molecule has 0 N–H and O–H groups in total. The Kier molecular flexibility index (Phi) is 20.3. The second-order valence-electron chi connectivity index (χ2n) is 17.3. The Balaban J connectivity index is 1.16. The van der Waals surface area contributed by atoms with E-state index in [4.69, 9.17) is 52.1 Å². The average molecular weight is 980 g/mol. The van der Waals surface area contributed by atoms with Crippen molar-refractivity contribution >= 4 is 5.97 Å². The fourth-order valence-corrected chi connectivity index (χ4v) is 8.58. The van der Waals surface area contributed by atoms with Gasteiger partial charge in [-0.25, -0.2) is 4.79 Å². The number of hydrogen-bond acceptors (Lipinski definition) is 13. The molecule has 15 nitrogen and oxygen atoms in total. The molecule has 0 amide bonds. The summed E-state index contributed by atoms with van der Waals surface area (Å²) < 4.78 is 72.9. The minimum Gasteiger partial charge on any atom is -0.459 e. The summed E-state index contributed by atoms with van der Waals surface area (Å²) in [6.45, 7) is 0.443. The Labute approximate surface area is 420 Å². The smallest absolute Gasteiger partial charge is 0.332 e. The van der Waals surface area contributed by atoms with Crippen LogP contribution in [-0.2, 0) is 96.5 Å². The number of esters is 1. The van der Waals surface area contributed by atoms with Gasteiger partial charge in [-0.1, -0.05) is 187 Å². The van der Waals surface area contributed by atoms with Crippen molar-refractivity contribution in [3.63, 3.8) is 0 Å². The average Bonchev–Trinajstić information content (AvgIpc) is 3.43. The molecule has 2 aliphatic heterocycles. The third-order valence-electron chi connectivity index (χ3n) is 12.2. The van der Waals surface area contributed by atoms with E-state index >= 15 is 0 Å². The van der Waals surface area contributed by atoms with Crippen LogP contribution in [0.1, 0.15) is 33.4 Å². The molecule has 2 aliphatic rings. The van der Waals surface area contributed by atoms with E-state index in [0.717, 1.165) is 33.4 Å². The minimum atomic E-state index is -1.23. The monoisotopic (exact) mass is 979 g/mol. The topological polar surface area (TPSA) is 167 Å². The van der Waals surface area contributed by atoms with E-state index in [1.165, 1.54) is 7.11 Å². The van der Waals surface area contributed by atoms with Crippen LogP contribution in [0, 0.1) is 0 Å². The molecule has 0 spiro atoms. The third-order valence-corrected chi connectivity index (χ3v) is 12.2. The number of azide groups is 1. The van der Waals surface area contributed by atoms with Crippen LogP contribution in [0.4, 0.5) is 0 Å². The lowest BCUT2D eigenvalue weighted by Gasteiger charge is -2.50. The van der Waals surface area contributed by atoms with E-state index in [1.54, 1.807) is 0 Å². The Hall–Kier alpha value is -6.30. The van der Waals surface area contributed by atoms with Crippen molar-refractivity contribution in [2.75, 3.05) is 26.9 Å². The molecule has 15 heteroatoms. The molecule has 10 atom stereocenters. The van der Waals surface area contributed by atoms with Gasteiger partial charge in [0.1, 0.15) is 55.9 Å². The second-order valence-corrected chi connectivity index (χ2v) is 17.3. The number of benzene rings is 6. The predicted molar refractivity (Wildman–Crippen MR) is 265 cm³/mol. The van der Waals surface area contributed by atoms with E-state index < -0.39 is 74.0 Å². The maximum absolute atomic E-state index is 13.3. The summed E-state index contributed by atoms with van der Waals surface area (Å²) in [4.78, 5) is 16.4. The van der Waals surface area contributed by atoms with Gasteiger partial charge in [0.05, 0.1) is 52.3 Å². The highest BCUT2D eigenvalue weighted by Gasteiger charge is 2.54. The van der Waals surface area contributed by atoms with Gasteiger partial charge in [0, 0.05) is 12.0 Å². The maximum Gasteiger partial charge on any atom is 0.332 e. The van der Waals surface area contributed by atoms with Crippen molar-refractivity contribution < 1.29 is 56.9 Å². The van der Waals surface area contributed by atoms with Gasteiger partial charge in [0.15, 0.2) is 12.6 Å². The van der Waals surface area contributed by atoms with E-state index in [-0.39, 0.29) is 46.2 Å². The first-order chi connectivity index (χ1) is 35.5. The van der Waals surface area contributed by atoms with Crippen LogP contribution in [0.25, 0.3) is 10.4 Å². The van der Waals surface area contributed by atoms with Crippen LogP contribution in [0.2, 0.25) is 0 Å². The van der Waals surface area contributed by atoms with Crippen molar-refractivity contribution in [3.05, 3.63) is 226 Å². The number of ether oxygens (including phenoxy) is 11. The fourth-order valence-electron chi connectivity index (χ4n) is 8.58. The summed E-state index contributed by atoms with van der Waals surface area (Å²) in [5.41, 5.74) is 15.1. The minimum absolute atomic E-state index is 0.0506. The molecule has 376 valence electrons. The van der Waals surface area contributed by atoms with Crippen molar-refractivity contribution in [2.24, 2.45) is 5.11 Å². The zero-order chi connectivity index (χ0) is 49.6. The van der Waals surface area contributed by atoms with Gasteiger partial charge in [-0.15, -0.1) is 0 Å². The molecule has 72 heavy (non-hydrogen) atoms. The van der Waals surface area contributed by atoms with Gasteiger partial charge < -0.3 is 52.1 Å². The first-order valence-corrected chi connectivity index (χ1v) is 24.1. The van der Waals surface area contributed by atoms with Crippen LogP contribution < -0.4 is 0 Å². The predicted octanol–water partition coefficient (Wildman–Crippen LogP) is 9.47. The summed E-state index contributed by atoms with van der Waals surface area (Å²) in [6.07, 6.45) is -9.89. The van der Waals surface area contributed by atoms with Gasteiger partial charge in [-0.3, -0.25) is 0 Å². The highest BCUT2D eigenvalue weighted by atomic mass is 16.8. The van der Waals surface area contributed by atoms with Crippen LogP contribution in [-0.4, -0.2) is 94.2 Å². The number of carbonyl (C=O) groups is 1. The SMILES string of the molecule is CO[C@@H]1O[C@H](CN=[N+]=[N-])[C@H](O[C@H]2O[C@H](COCc3ccccc3)[C@@H](OCc3ccccc3)[C@H](OCc3ccccc3)[C@H]2OCc2ccccc2)[C@H](OCc2ccccc2)[C@H]1OCC(=O)OCc1ccccc1. The molecule has 8 rings (SSSR count). The van der Waals surface area contributed by atoms with Gasteiger partial charge in [-0.2, -0.15) is 0 Å². The van der Waals surface area contributed by atoms with E-state index in [2.05, 4.69) is 10.0 Å². The van der Waals surface area contributed by atoms with E-state index in [1.807, 2.05) is 182 Å². The molecule has 6 aromatic carbocycles. The Morgan fingerprint density at radius 2 is 0.861 bits per heavy atom. The third kappa shape index (κ3) is 15.4. The van der Waals surface area contributed by atoms with Crippen molar-refractivity contribution in [2.45, 2.75) is 101 Å². The zero-order valence-electron chi connectivity index (χ0n) is 40.2. The van der Waals surface area contributed by atoms with Crippen molar-refractivity contribution in [1.29, 1.82) is 0 Å². The van der Waals surface area contributed by atoms with Crippen molar-refractivity contribution in [1.82, 2.24) is 0 Å². The Morgan fingerprint density at radius 1 is 0.472 bits per heavy atom. The van der Waals surface area contributed by atoms with Gasteiger partial charge in [-0.05, 0) is 38.9 Å². The lowest BCUT2D eigenvalue weighted by molar-refractivity contribution is -0.372. The summed E-state index contributed by atoms with van der Waals surface area (Å²) in [5, 5.41) is 3.95. The molecule has 6 aromatic rings. The van der Waals surface area contributed by atoms with E-state index in [0.29, 0.717) is 6.61 Å². The molecule has 0 aromatic heterocycles. The molecule has 2 fully saturated rings. The largest absolute Gasteiger partial charge is 0.459 e. The fraction of sp³-hybridized carbons (Fsp3) is 0.351. The Morgan fingerprint density at radius 3 is 1.32 bits per heavy atom. The van der Waals surface area contributed by atoms with Crippen LogP contribution >= 0.6 is 0 Å². The molecule has 2 heterocycles. The summed E-state index contributed by atoms with van der Waals surface area (Å²) in [6, 6.07) is 58.3. The van der Waals surface area contributed by atoms with E-state index in [9.17, 15) is 10.3 Å².